The molecule has 1 aromatic carbocycles. The number of aromatic nitrogens is 1. The molecule has 2 atom stereocenters. The Kier molecular flexibility index (Phi) is 5.36. The molecular formula is C16H19NO6. The van der Waals surface area contributed by atoms with E-state index in [9.17, 15) is 19.8 Å². The lowest BCUT2D eigenvalue weighted by atomic mass is 9.98. The molecule has 2 aromatic rings. The standard InChI is InChI=1S/C16H19NO6/c1-3-23-14(19)8-13(18)15(20)9-6-11(16(21)22-2)10-4-5-17-12(10)7-9/h4-7,13,15,17-18,20H,3,8H2,1-2H3. The largest absolute Gasteiger partial charge is 0.466 e. The number of rotatable bonds is 6. The summed E-state index contributed by atoms with van der Waals surface area (Å²) in [4.78, 5) is 26.2. The zero-order valence-electron chi connectivity index (χ0n) is 12.9. The number of aliphatic hydroxyl groups is 2. The van der Waals surface area contributed by atoms with Crippen LogP contribution in [-0.4, -0.2) is 47.0 Å². The molecule has 0 radical (unpaired) electrons. The van der Waals surface area contributed by atoms with Crippen LogP contribution < -0.4 is 0 Å². The summed E-state index contributed by atoms with van der Waals surface area (Å²) in [6.45, 7) is 1.85. The van der Waals surface area contributed by atoms with Gasteiger partial charge in [-0.15, -0.1) is 0 Å². The van der Waals surface area contributed by atoms with Gasteiger partial charge >= 0.3 is 11.9 Å². The highest BCUT2D eigenvalue weighted by Gasteiger charge is 2.24. The van der Waals surface area contributed by atoms with Crippen LogP contribution in [0, 0.1) is 0 Å². The number of esters is 2. The Balaban J connectivity index is 2.31. The molecule has 1 aromatic heterocycles. The first-order valence-corrected chi connectivity index (χ1v) is 7.19. The highest BCUT2D eigenvalue weighted by molar-refractivity contribution is 6.04. The Morgan fingerprint density at radius 1 is 1.30 bits per heavy atom. The van der Waals surface area contributed by atoms with Crippen LogP contribution in [0.2, 0.25) is 0 Å². The highest BCUT2D eigenvalue weighted by atomic mass is 16.5. The van der Waals surface area contributed by atoms with E-state index in [1.54, 1.807) is 25.3 Å². The maximum Gasteiger partial charge on any atom is 0.338 e. The van der Waals surface area contributed by atoms with Crippen LogP contribution in [0.1, 0.15) is 35.4 Å². The number of carbonyl (C=O) groups excluding carboxylic acids is 2. The van der Waals surface area contributed by atoms with Crippen molar-refractivity contribution in [3.63, 3.8) is 0 Å². The van der Waals surface area contributed by atoms with Crippen molar-refractivity contribution in [1.29, 1.82) is 0 Å². The lowest BCUT2D eigenvalue weighted by Gasteiger charge is -2.18. The van der Waals surface area contributed by atoms with Crippen molar-refractivity contribution in [2.75, 3.05) is 13.7 Å². The Labute approximate surface area is 132 Å². The lowest BCUT2D eigenvalue weighted by Crippen LogP contribution is -2.23. The molecule has 7 nitrogen and oxygen atoms in total. The smallest absolute Gasteiger partial charge is 0.338 e. The molecule has 0 saturated carbocycles. The van der Waals surface area contributed by atoms with Gasteiger partial charge in [-0.25, -0.2) is 4.79 Å². The van der Waals surface area contributed by atoms with E-state index in [-0.39, 0.29) is 18.6 Å². The number of aliphatic hydroxyl groups excluding tert-OH is 2. The number of nitrogens with one attached hydrogen (secondary N) is 1. The number of fused-ring (bicyclic) bond motifs is 1. The van der Waals surface area contributed by atoms with Crippen LogP contribution in [0.3, 0.4) is 0 Å². The minimum absolute atomic E-state index is 0.197. The third kappa shape index (κ3) is 3.69. The molecule has 1 heterocycles. The van der Waals surface area contributed by atoms with Crippen molar-refractivity contribution in [3.05, 3.63) is 35.5 Å². The number of H-pyrrole nitrogens is 1. The average molecular weight is 321 g/mol. The maximum atomic E-state index is 11.9. The second-order valence-corrected chi connectivity index (χ2v) is 5.02. The minimum Gasteiger partial charge on any atom is -0.466 e. The van der Waals surface area contributed by atoms with Crippen molar-refractivity contribution < 1.29 is 29.3 Å². The van der Waals surface area contributed by atoms with E-state index in [1.165, 1.54) is 13.2 Å². The van der Waals surface area contributed by atoms with Crippen molar-refractivity contribution in [2.45, 2.75) is 25.6 Å². The van der Waals surface area contributed by atoms with Gasteiger partial charge < -0.3 is 24.7 Å². The van der Waals surface area contributed by atoms with Crippen LogP contribution >= 0.6 is 0 Å². The van der Waals surface area contributed by atoms with Crippen molar-refractivity contribution >= 4 is 22.8 Å². The zero-order valence-corrected chi connectivity index (χ0v) is 12.9. The fourth-order valence-electron chi connectivity index (χ4n) is 2.36. The van der Waals surface area contributed by atoms with E-state index in [0.717, 1.165) is 0 Å². The predicted octanol–water partition coefficient (Wildman–Crippen LogP) is 1.30. The second kappa shape index (κ2) is 7.26. The molecule has 0 bridgehead atoms. The van der Waals surface area contributed by atoms with Gasteiger partial charge in [0.1, 0.15) is 6.10 Å². The number of hydrogen-bond donors (Lipinski definition) is 3. The number of carbonyl (C=O) groups is 2. The Morgan fingerprint density at radius 3 is 2.70 bits per heavy atom. The van der Waals surface area contributed by atoms with Crippen LogP contribution in [0.25, 0.3) is 10.9 Å². The van der Waals surface area contributed by atoms with E-state index in [0.29, 0.717) is 16.5 Å². The highest BCUT2D eigenvalue weighted by Crippen LogP contribution is 2.27. The van der Waals surface area contributed by atoms with E-state index < -0.39 is 24.1 Å². The fourth-order valence-corrected chi connectivity index (χ4v) is 2.36. The van der Waals surface area contributed by atoms with Crippen LogP contribution in [-0.2, 0) is 14.3 Å². The Hall–Kier alpha value is -2.38. The number of methoxy groups -OCH3 is 1. The normalized spacial score (nSPS) is 13.6. The van der Waals surface area contributed by atoms with E-state index in [1.807, 2.05) is 0 Å². The molecule has 23 heavy (non-hydrogen) atoms. The zero-order chi connectivity index (χ0) is 17.0. The van der Waals surface area contributed by atoms with Gasteiger partial charge in [0.2, 0.25) is 0 Å². The number of hydrogen-bond acceptors (Lipinski definition) is 6. The number of aromatic amines is 1. The van der Waals surface area contributed by atoms with Crippen molar-refractivity contribution in [1.82, 2.24) is 4.98 Å². The second-order valence-electron chi connectivity index (χ2n) is 5.02. The van der Waals surface area contributed by atoms with Gasteiger partial charge in [0.15, 0.2) is 0 Å². The molecule has 2 rings (SSSR count). The summed E-state index contributed by atoms with van der Waals surface area (Å²) in [5.41, 5.74) is 1.19. The van der Waals surface area contributed by atoms with E-state index >= 15 is 0 Å². The molecule has 7 heteroatoms. The van der Waals surface area contributed by atoms with Gasteiger partial charge in [-0.05, 0) is 30.7 Å². The lowest BCUT2D eigenvalue weighted by molar-refractivity contribution is -0.147. The van der Waals surface area contributed by atoms with Gasteiger partial charge in [-0.1, -0.05) is 0 Å². The summed E-state index contributed by atoms with van der Waals surface area (Å²) in [5, 5.41) is 20.9. The molecule has 3 N–H and O–H groups in total. The SMILES string of the molecule is CCOC(=O)CC(O)C(O)c1cc(C(=O)OC)c2cc[nH]c2c1. The summed E-state index contributed by atoms with van der Waals surface area (Å²) >= 11 is 0. The molecule has 0 amide bonds. The Morgan fingerprint density at radius 2 is 2.04 bits per heavy atom. The van der Waals surface area contributed by atoms with Gasteiger partial charge in [0.05, 0.1) is 31.8 Å². The topological polar surface area (TPSA) is 109 Å². The summed E-state index contributed by atoms with van der Waals surface area (Å²) in [7, 11) is 1.26. The molecular weight excluding hydrogens is 302 g/mol. The number of benzene rings is 1. The first kappa shape index (κ1) is 17.0. The van der Waals surface area contributed by atoms with E-state index in [2.05, 4.69) is 4.98 Å². The third-order valence-corrected chi connectivity index (χ3v) is 3.48. The minimum atomic E-state index is -1.34. The van der Waals surface area contributed by atoms with Crippen LogP contribution in [0.4, 0.5) is 0 Å². The van der Waals surface area contributed by atoms with Crippen LogP contribution in [0.5, 0.6) is 0 Å². The summed E-state index contributed by atoms with van der Waals surface area (Å²) in [6, 6.07) is 4.77. The molecule has 0 saturated heterocycles. The molecule has 0 aliphatic carbocycles. The van der Waals surface area contributed by atoms with Gasteiger partial charge in [0.25, 0.3) is 0 Å². The molecule has 0 aliphatic heterocycles. The van der Waals surface area contributed by atoms with Gasteiger partial charge in [-0.3, -0.25) is 4.79 Å². The molecule has 124 valence electrons. The molecule has 0 fully saturated rings. The first-order chi connectivity index (χ1) is 11.0. The Bertz CT molecular complexity index is 708. The summed E-state index contributed by atoms with van der Waals surface area (Å²) in [6.07, 6.45) is -1.37. The third-order valence-electron chi connectivity index (χ3n) is 3.48. The van der Waals surface area contributed by atoms with Gasteiger partial charge in [0, 0.05) is 17.1 Å². The predicted molar refractivity (Wildman–Crippen MR) is 81.9 cm³/mol. The molecule has 2 unspecified atom stereocenters. The first-order valence-electron chi connectivity index (χ1n) is 7.19. The summed E-state index contributed by atoms with van der Waals surface area (Å²) in [5.74, 6) is -1.16. The fraction of sp³-hybridized carbons (Fsp3) is 0.375. The van der Waals surface area contributed by atoms with Crippen molar-refractivity contribution in [3.8, 4) is 0 Å². The number of ether oxygens (including phenoxy) is 2. The van der Waals surface area contributed by atoms with Gasteiger partial charge in [-0.2, -0.15) is 0 Å². The quantitative estimate of drug-likeness (QED) is 0.692. The van der Waals surface area contributed by atoms with Crippen molar-refractivity contribution in [2.24, 2.45) is 0 Å². The average Bonchev–Trinajstić information content (AvgIpc) is 3.00. The maximum absolute atomic E-state index is 11.9. The van der Waals surface area contributed by atoms with E-state index in [4.69, 9.17) is 9.47 Å². The summed E-state index contributed by atoms with van der Waals surface area (Å²) < 4.78 is 9.48. The monoisotopic (exact) mass is 321 g/mol. The molecule has 0 aliphatic rings. The van der Waals surface area contributed by atoms with Crippen LogP contribution in [0.15, 0.2) is 24.4 Å². The molecule has 0 spiro atoms.